The van der Waals surface area contributed by atoms with Gasteiger partial charge in [-0.25, -0.2) is 0 Å². The van der Waals surface area contributed by atoms with Gasteiger partial charge in [-0.1, -0.05) is 30.3 Å². The number of likely N-dealkylation sites (N-methyl/N-ethyl adjacent to an activating group) is 1. The lowest BCUT2D eigenvalue weighted by molar-refractivity contribution is -0.123. The standard InChI is InChI=1S/C10H12Cl2N2O/c1-13-10(15)9(14(11)12)7-8-5-3-2-4-6-8/h2-6,9H,7H2,1H3,(H,13,15)/t9-/m0/s1. The maximum Gasteiger partial charge on any atom is 0.240 e. The molecule has 1 rings (SSSR count). The van der Waals surface area contributed by atoms with Crippen LogP contribution < -0.4 is 5.32 Å². The highest BCUT2D eigenvalue weighted by Gasteiger charge is 2.22. The number of nitrogens with zero attached hydrogens (tertiary/aromatic N) is 1. The van der Waals surface area contributed by atoms with Crippen LogP contribution in [0.25, 0.3) is 0 Å². The van der Waals surface area contributed by atoms with Gasteiger partial charge in [0.2, 0.25) is 5.91 Å². The van der Waals surface area contributed by atoms with E-state index >= 15 is 0 Å². The summed E-state index contributed by atoms with van der Waals surface area (Å²) in [5.41, 5.74) is 1.01. The van der Waals surface area contributed by atoms with Gasteiger partial charge in [0.15, 0.2) is 0 Å². The van der Waals surface area contributed by atoms with E-state index in [1.54, 1.807) is 7.05 Å². The fourth-order valence-electron chi connectivity index (χ4n) is 1.25. The zero-order valence-corrected chi connectivity index (χ0v) is 9.79. The summed E-state index contributed by atoms with van der Waals surface area (Å²) >= 11 is 11.2. The highest BCUT2D eigenvalue weighted by molar-refractivity contribution is 6.35. The summed E-state index contributed by atoms with van der Waals surface area (Å²) < 4.78 is 0.881. The highest BCUT2D eigenvalue weighted by atomic mass is 35.5. The second kappa shape index (κ2) is 5.95. The quantitative estimate of drug-likeness (QED) is 0.825. The number of amides is 1. The van der Waals surface area contributed by atoms with Crippen molar-refractivity contribution < 1.29 is 4.79 Å². The van der Waals surface area contributed by atoms with Crippen LogP contribution in [0.1, 0.15) is 5.56 Å². The van der Waals surface area contributed by atoms with Crippen LogP contribution in [-0.4, -0.2) is 22.9 Å². The first-order valence-electron chi connectivity index (χ1n) is 4.51. The Labute approximate surface area is 99.2 Å². The molecular formula is C10H12Cl2N2O. The molecule has 0 aromatic heterocycles. The molecular weight excluding hydrogens is 235 g/mol. The molecule has 5 heteroatoms. The third kappa shape index (κ3) is 3.70. The molecule has 0 saturated carbocycles. The third-order valence-corrected chi connectivity index (χ3v) is 2.53. The van der Waals surface area contributed by atoms with Gasteiger partial charge in [0.25, 0.3) is 0 Å². The van der Waals surface area contributed by atoms with Crippen LogP contribution in [0.3, 0.4) is 0 Å². The molecule has 15 heavy (non-hydrogen) atoms. The maximum absolute atomic E-state index is 11.4. The van der Waals surface area contributed by atoms with Crippen LogP contribution in [0, 0.1) is 0 Å². The zero-order chi connectivity index (χ0) is 11.3. The number of hydrogen-bond donors (Lipinski definition) is 1. The molecule has 0 aliphatic carbocycles. The topological polar surface area (TPSA) is 32.3 Å². The van der Waals surface area contributed by atoms with Crippen LogP contribution in [0.15, 0.2) is 30.3 Å². The van der Waals surface area contributed by atoms with Crippen LogP contribution in [0.5, 0.6) is 0 Å². The van der Waals surface area contributed by atoms with Crippen LogP contribution >= 0.6 is 23.6 Å². The molecule has 0 fully saturated rings. The second-order valence-corrected chi connectivity index (χ2v) is 3.98. The van der Waals surface area contributed by atoms with Gasteiger partial charge in [-0.05, 0) is 35.5 Å². The van der Waals surface area contributed by atoms with E-state index in [0.29, 0.717) is 6.42 Å². The Balaban J connectivity index is 2.72. The van der Waals surface area contributed by atoms with Crippen molar-refractivity contribution in [2.45, 2.75) is 12.5 Å². The first-order chi connectivity index (χ1) is 7.15. The van der Waals surface area contributed by atoms with E-state index in [0.717, 1.165) is 9.50 Å². The highest BCUT2D eigenvalue weighted by Crippen LogP contribution is 2.13. The molecule has 0 aliphatic rings. The smallest absolute Gasteiger partial charge is 0.240 e. The van der Waals surface area contributed by atoms with Crippen molar-refractivity contribution in [1.29, 1.82) is 0 Å². The Morgan fingerprint density at radius 3 is 2.47 bits per heavy atom. The summed E-state index contributed by atoms with van der Waals surface area (Å²) in [6.45, 7) is 0. The molecule has 0 saturated heterocycles. The lowest BCUT2D eigenvalue weighted by Crippen LogP contribution is -2.39. The average Bonchev–Trinajstić information content (AvgIpc) is 2.26. The first-order valence-corrected chi connectivity index (χ1v) is 5.19. The number of benzene rings is 1. The van der Waals surface area contributed by atoms with Crippen molar-refractivity contribution in [1.82, 2.24) is 9.25 Å². The van der Waals surface area contributed by atoms with Crippen molar-refractivity contribution in [2.75, 3.05) is 7.05 Å². The molecule has 1 amide bonds. The Bertz CT molecular complexity index is 316. The molecule has 0 spiro atoms. The summed E-state index contributed by atoms with van der Waals surface area (Å²) in [6, 6.07) is 9.00. The Morgan fingerprint density at radius 1 is 1.40 bits per heavy atom. The normalized spacial score (nSPS) is 12.5. The fourth-order valence-corrected chi connectivity index (χ4v) is 1.57. The van der Waals surface area contributed by atoms with Gasteiger partial charge < -0.3 is 5.32 Å². The number of halogens is 2. The van der Waals surface area contributed by atoms with Gasteiger partial charge in [0, 0.05) is 7.05 Å². The predicted molar refractivity (Wildman–Crippen MR) is 61.5 cm³/mol. The van der Waals surface area contributed by atoms with Crippen molar-refractivity contribution in [3.63, 3.8) is 0 Å². The first kappa shape index (κ1) is 12.3. The SMILES string of the molecule is CNC(=O)[C@H](Cc1ccccc1)N(Cl)Cl. The van der Waals surface area contributed by atoms with Crippen LogP contribution in [-0.2, 0) is 11.2 Å². The van der Waals surface area contributed by atoms with E-state index in [4.69, 9.17) is 23.6 Å². The van der Waals surface area contributed by atoms with E-state index in [1.165, 1.54) is 0 Å². The molecule has 82 valence electrons. The van der Waals surface area contributed by atoms with E-state index in [1.807, 2.05) is 30.3 Å². The fraction of sp³-hybridized carbons (Fsp3) is 0.300. The molecule has 0 unspecified atom stereocenters. The Hall–Kier alpha value is -0.770. The van der Waals surface area contributed by atoms with Crippen LogP contribution in [0.4, 0.5) is 0 Å². The molecule has 1 atom stereocenters. The Morgan fingerprint density at radius 2 is 2.00 bits per heavy atom. The number of nitrogens with one attached hydrogen (secondary N) is 1. The number of hydrogen-bond acceptors (Lipinski definition) is 2. The predicted octanol–water partition coefficient (Wildman–Crippen LogP) is 1.95. The minimum absolute atomic E-state index is 0.205. The van der Waals surface area contributed by atoms with Gasteiger partial charge in [-0.3, -0.25) is 4.79 Å². The monoisotopic (exact) mass is 246 g/mol. The van der Waals surface area contributed by atoms with Crippen molar-refractivity contribution in [3.8, 4) is 0 Å². The molecule has 0 radical (unpaired) electrons. The van der Waals surface area contributed by atoms with Crippen molar-refractivity contribution >= 4 is 29.5 Å². The van der Waals surface area contributed by atoms with E-state index in [9.17, 15) is 4.79 Å². The van der Waals surface area contributed by atoms with Gasteiger partial charge in [0.05, 0.1) is 0 Å². The van der Waals surface area contributed by atoms with Crippen LogP contribution in [0.2, 0.25) is 0 Å². The zero-order valence-electron chi connectivity index (χ0n) is 8.28. The summed E-state index contributed by atoms with van der Waals surface area (Å²) in [6.07, 6.45) is 0.480. The summed E-state index contributed by atoms with van der Waals surface area (Å²) in [5, 5.41) is 2.52. The van der Waals surface area contributed by atoms with Crippen molar-refractivity contribution in [2.24, 2.45) is 0 Å². The summed E-state index contributed by atoms with van der Waals surface area (Å²) in [4.78, 5) is 11.4. The third-order valence-electron chi connectivity index (χ3n) is 2.06. The lowest BCUT2D eigenvalue weighted by atomic mass is 10.1. The van der Waals surface area contributed by atoms with Crippen molar-refractivity contribution in [3.05, 3.63) is 35.9 Å². The minimum atomic E-state index is -0.569. The van der Waals surface area contributed by atoms with Gasteiger partial charge in [-0.15, -0.1) is 3.94 Å². The maximum atomic E-state index is 11.4. The number of carbonyl (C=O) groups is 1. The largest absolute Gasteiger partial charge is 0.358 e. The van der Waals surface area contributed by atoms with E-state index in [-0.39, 0.29) is 5.91 Å². The number of rotatable bonds is 4. The van der Waals surface area contributed by atoms with Gasteiger partial charge in [-0.2, -0.15) is 0 Å². The molecule has 0 aliphatic heterocycles. The molecule has 1 aromatic carbocycles. The van der Waals surface area contributed by atoms with Gasteiger partial charge in [0.1, 0.15) is 6.04 Å². The molecule has 0 bridgehead atoms. The van der Waals surface area contributed by atoms with Gasteiger partial charge >= 0.3 is 0 Å². The summed E-state index contributed by atoms with van der Waals surface area (Å²) in [5.74, 6) is -0.205. The summed E-state index contributed by atoms with van der Waals surface area (Å²) in [7, 11) is 1.55. The second-order valence-electron chi connectivity index (χ2n) is 3.08. The van der Waals surface area contributed by atoms with E-state index < -0.39 is 6.04 Å². The average molecular weight is 247 g/mol. The minimum Gasteiger partial charge on any atom is -0.358 e. The molecule has 0 heterocycles. The molecule has 1 aromatic rings. The molecule has 3 nitrogen and oxygen atoms in total. The lowest BCUT2D eigenvalue weighted by Gasteiger charge is -2.17. The molecule has 1 N–H and O–H groups in total. The number of carbonyl (C=O) groups excluding carboxylic acids is 1. The Kier molecular flexibility index (Phi) is 4.88. The van der Waals surface area contributed by atoms with E-state index in [2.05, 4.69) is 5.32 Å².